The van der Waals surface area contributed by atoms with Gasteiger partial charge in [0.15, 0.2) is 0 Å². The third-order valence-electron chi connectivity index (χ3n) is 2.62. The van der Waals surface area contributed by atoms with Gasteiger partial charge in [0.1, 0.15) is 10.9 Å². The Morgan fingerprint density at radius 2 is 1.76 bits per heavy atom. The number of imidazole rings is 1. The van der Waals surface area contributed by atoms with E-state index in [-0.39, 0.29) is 0 Å². The lowest BCUT2D eigenvalue weighted by molar-refractivity contribution is 1.00. The molecule has 0 saturated heterocycles. The summed E-state index contributed by atoms with van der Waals surface area (Å²) in [6, 6.07) is 6.61. The second kappa shape index (κ2) is 4.96. The highest BCUT2D eigenvalue weighted by atomic mass is 32.2. The summed E-state index contributed by atoms with van der Waals surface area (Å²) in [6.45, 7) is 8.42. The van der Waals surface area contributed by atoms with Gasteiger partial charge in [-0.1, -0.05) is 24.8 Å². The van der Waals surface area contributed by atoms with Gasteiger partial charge in [-0.15, -0.1) is 0 Å². The minimum Gasteiger partial charge on any atom is -0.345 e. The average molecular weight is 246 g/mol. The van der Waals surface area contributed by atoms with Crippen LogP contribution in [0.15, 0.2) is 28.1 Å². The minimum atomic E-state index is 0.994. The van der Waals surface area contributed by atoms with E-state index in [0.29, 0.717) is 0 Å². The summed E-state index contributed by atoms with van der Waals surface area (Å²) in [5.74, 6) is 0.994. The zero-order valence-electron chi connectivity index (χ0n) is 10.8. The topological polar surface area (TPSA) is 28.7 Å². The van der Waals surface area contributed by atoms with Gasteiger partial charge in [-0.25, -0.2) is 4.98 Å². The normalized spacial score (nSPS) is 10.8. The molecule has 0 aliphatic carbocycles. The molecule has 2 nitrogen and oxygen atoms in total. The van der Waals surface area contributed by atoms with Crippen molar-refractivity contribution in [1.29, 1.82) is 0 Å². The summed E-state index contributed by atoms with van der Waals surface area (Å²) in [5, 5.41) is 1.11. The Bertz CT molecular complexity index is 509. The SMILES string of the molecule is CCc1[nH]c(C)nc1Sc1cc(C)cc(C)c1. The Morgan fingerprint density at radius 1 is 1.12 bits per heavy atom. The van der Waals surface area contributed by atoms with E-state index in [0.717, 1.165) is 17.3 Å². The fraction of sp³-hybridized carbons (Fsp3) is 0.357. The first-order valence-electron chi connectivity index (χ1n) is 5.90. The molecule has 2 aromatic rings. The van der Waals surface area contributed by atoms with Crippen LogP contribution < -0.4 is 0 Å². The summed E-state index contributed by atoms with van der Waals surface area (Å²) in [4.78, 5) is 9.12. The maximum absolute atomic E-state index is 4.54. The molecule has 90 valence electrons. The predicted octanol–water partition coefficient (Wildman–Crippen LogP) is 4.05. The zero-order valence-corrected chi connectivity index (χ0v) is 11.6. The molecule has 0 radical (unpaired) electrons. The summed E-state index contributed by atoms with van der Waals surface area (Å²) in [7, 11) is 0. The van der Waals surface area contributed by atoms with Crippen LogP contribution in [0.4, 0.5) is 0 Å². The van der Waals surface area contributed by atoms with Gasteiger partial charge in [-0.2, -0.15) is 0 Å². The molecule has 0 saturated carbocycles. The standard InChI is InChI=1S/C14H18N2S/c1-5-13-14(16-11(4)15-13)17-12-7-9(2)6-10(3)8-12/h6-8H,5H2,1-4H3,(H,15,16). The number of hydrogen-bond donors (Lipinski definition) is 1. The number of H-pyrrole nitrogens is 1. The lowest BCUT2D eigenvalue weighted by Gasteiger charge is -2.04. The van der Waals surface area contributed by atoms with Gasteiger partial charge in [0.05, 0.1) is 0 Å². The van der Waals surface area contributed by atoms with E-state index in [1.165, 1.54) is 21.7 Å². The highest BCUT2D eigenvalue weighted by Crippen LogP contribution is 2.30. The van der Waals surface area contributed by atoms with E-state index in [9.17, 15) is 0 Å². The van der Waals surface area contributed by atoms with Crippen molar-refractivity contribution in [2.75, 3.05) is 0 Å². The molecular formula is C14H18N2S. The minimum absolute atomic E-state index is 0.994. The maximum Gasteiger partial charge on any atom is 0.122 e. The summed E-state index contributed by atoms with van der Waals surface area (Å²) < 4.78 is 0. The van der Waals surface area contributed by atoms with Crippen molar-refractivity contribution < 1.29 is 0 Å². The van der Waals surface area contributed by atoms with E-state index >= 15 is 0 Å². The van der Waals surface area contributed by atoms with Gasteiger partial charge in [0.25, 0.3) is 0 Å². The van der Waals surface area contributed by atoms with Crippen molar-refractivity contribution in [3.63, 3.8) is 0 Å². The smallest absolute Gasteiger partial charge is 0.122 e. The van der Waals surface area contributed by atoms with Crippen LogP contribution in [0.25, 0.3) is 0 Å². The molecule has 0 atom stereocenters. The van der Waals surface area contributed by atoms with Crippen molar-refractivity contribution in [2.24, 2.45) is 0 Å². The molecule has 1 N–H and O–H groups in total. The molecule has 17 heavy (non-hydrogen) atoms. The Morgan fingerprint density at radius 3 is 2.35 bits per heavy atom. The summed E-state index contributed by atoms with van der Waals surface area (Å²) in [6.07, 6.45) is 0.994. The highest BCUT2D eigenvalue weighted by molar-refractivity contribution is 7.99. The van der Waals surface area contributed by atoms with Crippen LogP contribution in [-0.2, 0) is 6.42 Å². The second-order valence-electron chi connectivity index (χ2n) is 4.38. The van der Waals surface area contributed by atoms with Crippen LogP contribution >= 0.6 is 11.8 Å². The summed E-state index contributed by atoms with van der Waals surface area (Å²) >= 11 is 1.75. The van der Waals surface area contributed by atoms with Crippen LogP contribution in [-0.4, -0.2) is 9.97 Å². The number of benzene rings is 1. The monoisotopic (exact) mass is 246 g/mol. The maximum atomic E-state index is 4.54. The van der Waals surface area contributed by atoms with Gasteiger partial charge in [0.2, 0.25) is 0 Å². The van der Waals surface area contributed by atoms with Crippen molar-refractivity contribution in [2.45, 2.75) is 44.0 Å². The Kier molecular flexibility index (Phi) is 3.57. The molecule has 0 aliphatic rings. The highest BCUT2D eigenvalue weighted by Gasteiger charge is 2.08. The van der Waals surface area contributed by atoms with Crippen LogP contribution in [0, 0.1) is 20.8 Å². The molecule has 0 fully saturated rings. The Labute approximate surface area is 107 Å². The van der Waals surface area contributed by atoms with E-state index < -0.39 is 0 Å². The van der Waals surface area contributed by atoms with Gasteiger partial charge in [0, 0.05) is 10.6 Å². The molecule has 1 aromatic heterocycles. The predicted molar refractivity (Wildman–Crippen MR) is 72.7 cm³/mol. The lowest BCUT2D eigenvalue weighted by Crippen LogP contribution is -1.84. The van der Waals surface area contributed by atoms with Crippen LogP contribution in [0.1, 0.15) is 29.6 Å². The van der Waals surface area contributed by atoms with Crippen LogP contribution in [0.2, 0.25) is 0 Å². The van der Waals surface area contributed by atoms with Crippen molar-refractivity contribution in [3.05, 3.63) is 40.8 Å². The Balaban J connectivity index is 2.30. The molecule has 0 aliphatic heterocycles. The Hall–Kier alpha value is -1.22. The van der Waals surface area contributed by atoms with E-state index in [1.54, 1.807) is 11.8 Å². The molecular weight excluding hydrogens is 228 g/mol. The van der Waals surface area contributed by atoms with Gasteiger partial charge in [-0.05, 0) is 50.5 Å². The molecule has 3 heteroatoms. The number of hydrogen-bond acceptors (Lipinski definition) is 2. The molecule has 0 spiro atoms. The molecule has 1 heterocycles. The number of aryl methyl sites for hydroxylation is 4. The fourth-order valence-electron chi connectivity index (χ4n) is 1.95. The van der Waals surface area contributed by atoms with Crippen LogP contribution in [0.3, 0.4) is 0 Å². The molecule has 0 unspecified atom stereocenters. The first-order chi connectivity index (χ1) is 8.08. The number of nitrogens with one attached hydrogen (secondary N) is 1. The number of nitrogens with zero attached hydrogens (tertiary/aromatic N) is 1. The zero-order chi connectivity index (χ0) is 12.4. The first kappa shape index (κ1) is 12.2. The molecule has 1 aromatic carbocycles. The molecule has 0 amide bonds. The average Bonchev–Trinajstić information content (AvgIpc) is 2.57. The fourth-order valence-corrected chi connectivity index (χ4v) is 3.16. The van der Waals surface area contributed by atoms with E-state index in [2.05, 4.69) is 48.9 Å². The van der Waals surface area contributed by atoms with Crippen LogP contribution in [0.5, 0.6) is 0 Å². The first-order valence-corrected chi connectivity index (χ1v) is 6.71. The molecule has 2 rings (SSSR count). The van der Waals surface area contributed by atoms with E-state index in [1.807, 2.05) is 6.92 Å². The van der Waals surface area contributed by atoms with Crippen molar-refractivity contribution >= 4 is 11.8 Å². The summed E-state index contributed by atoms with van der Waals surface area (Å²) in [5.41, 5.74) is 3.84. The lowest BCUT2D eigenvalue weighted by atomic mass is 10.2. The quantitative estimate of drug-likeness (QED) is 0.885. The third kappa shape index (κ3) is 2.91. The second-order valence-corrected chi connectivity index (χ2v) is 5.45. The van der Waals surface area contributed by atoms with E-state index in [4.69, 9.17) is 0 Å². The van der Waals surface area contributed by atoms with Gasteiger partial charge in [-0.3, -0.25) is 0 Å². The third-order valence-corrected chi connectivity index (χ3v) is 3.62. The largest absolute Gasteiger partial charge is 0.345 e. The van der Waals surface area contributed by atoms with Gasteiger partial charge < -0.3 is 4.98 Å². The van der Waals surface area contributed by atoms with Crippen molar-refractivity contribution in [1.82, 2.24) is 9.97 Å². The number of aromatic amines is 1. The van der Waals surface area contributed by atoms with Crippen molar-refractivity contribution in [3.8, 4) is 0 Å². The molecule has 0 bridgehead atoms. The number of rotatable bonds is 3. The van der Waals surface area contributed by atoms with Gasteiger partial charge >= 0.3 is 0 Å². The number of aromatic nitrogens is 2.